The lowest BCUT2D eigenvalue weighted by molar-refractivity contribution is 0.209. The normalized spacial score (nSPS) is 34.8. The molecule has 1 saturated carbocycles. The first-order valence-corrected chi connectivity index (χ1v) is 5.69. The second-order valence-corrected chi connectivity index (χ2v) is 4.51. The molecule has 0 aromatic rings. The van der Waals surface area contributed by atoms with Crippen LogP contribution in [0.4, 0.5) is 0 Å². The van der Waals surface area contributed by atoms with Crippen molar-refractivity contribution in [2.75, 3.05) is 13.1 Å². The lowest BCUT2D eigenvalue weighted by Crippen LogP contribution is -2.43. The van der Waals surface area contributed by atoms with E-state index in [1.54, 1.807) is 0 Å². The zero-order valence-electron chi connectivity index (χ0n) is 9.05. The van der Waals surface area contributed by atoms with Gasteiger partial charge in [0.15, 0.2) is 0 Å². The Bertz CT molecular complexity index is 126. The van der Waals surface area contributed by atoms with Crippen molar-refractivity contribution in [3.8, 4) is 0 Å². The molecule has 2 heteroatoms. The highest BCUT2D eigenvalue weighted by Crippen LogP contribution is 2.28. The van der Waals surface area contributed by atoms with Crippen molar-refractivity contribution in [2.24, 2.45) is 17.6 Å². The van der Waals surface area contributed by atoms with Gasteiger partial charge in [-0.05, 0) is 44.2 Å². The summed E-state index contributed by atoms with van der Waals surface area (Å²) in [6.45, 7) is 6.64. The monoisotopic (exact) mass is 184 g/mol. The van der Waals surface area contributed by atoms with Crippen LogP contribution >= 0.6 is 0 Å². The predicted octanol–water partition coefficient (Wildman–Crippen LogP) is 1.75. The van der Waals surface area contributed by atoms with Gasteiger partial charge >= 0.3 is 0 Å². The lowest BCUT2D eigenvalue weighted by Gasteiger charge is -2.35. The average molecular weight is 184 g/mol. The molecule has 2 atom stereocenters. The number of rotatable bonds is 4. The minimum atomic E-state index is 0.736. The van der Waals surface area contributed by atoms with Crippen LogP contribution in [-0.4, -0.2) is 19.1 Å². The van der Waals surface area contributed by atoms with Crippen molar-refractivity contribution in [3.63, 3.8) is 0 Å². The van der Waals surface area contributed by atoms with Crippen LogP contribution < -0.4 is 11.1 Å². The Hall–Kier alpha value is -0.0800. The van der Waals surface area contributed by atoms with E-state index in [9.17, 15) is 0 Å². The van der Waals surface area contributed by atoms with E-state index in [-0.39, 0.29) is 0 Å². The van der Waals surface area contributed by atoms with Crippen LogP contribution in [-0.2, 0) is 0 Å². The summed E-state index contributed by atoms with van der Waals surface area (Å²) in [7, 11) is 0. The molecule has 0 aliphatic heterocycles. The molecule has 0 aromatic carbocycles. The van der Waals surface area contributed by atoms with Gasteiger partial charge in [-0.3, -0.25) is 0 Å². The molecule has 1 rings (SSSR count). The van der Waals surface area contributed by atoms with Crippen molar-refractivity contribution in [1.82, 2.24) is 5.32 Å². The Balaban J connectivity index is 2.26. The predicted molar refractivity (Wildman–Crippen MR) is 57.6 cm³/mol. The fraction of sp³-hybridized carbons (Fsp3) is 1.00. The Morgan fingerprint density at radius 1 is 1.23 bits per heavy atom. The van der Waals surface area contributed by atoms with Gasteiger partial charge in [-0.25, -0.2) is 0 Å². The fourth-order valence-corrected chi connectivity index (χ4v) is 2.45. The second-order valence-electron chi connectivity index (χ2n) is 4.51. The molecule has 2 unspecified atom stereocenters. The van der Waals surface area contributed by atoms with E-state index in [0.717, 1.165) is 37.4 Å². The van der Waals surface area contributed by atoms with Crippen molar-refractivity contribution < 1.29 is 0 Å². The van der Waals surface area contributed by atoms with E-state index in [4.69, 9.17) is 5.73 Å². The molecule has 1 fully saturated rings. The van der Waals surface area contributed by atoms with E-state index in [1.807, 2.05) is 0 Å². The number of nitrogens with one attached hydrogen (secondary N) is 1. The van der Waals surface area contributed by atoms with Crippen LogP contribution in [0.25, 0.3) is 0 Å². The molecule has 0 amide bonds. The molecule has 0 saturated heterocycles. The van der Waals surface area contributed by atoms with Gasteiger partial charge in [0.2, 0.25) is 0 Å². The van der Waals surface area contributed by atoms with Crippen molar-refractivity contribution >= 4 is 0 Å². The topological polar surface area (TPSA) is 38.0 Å². The maximum absolute atomic E-state index is 5.47. The van der Waals surface area contributed by atoms with E-state index in [0.29, 0.717) is 0 Å². The van der Waals surface area contributed by atoms with Crippen LogP contribution in [0.3, 0.4) is 0 Å². The van der Waals surface area contributed by atoms with Gasteiger partial charge in [0.25, 0.3) is 0 Å². The highest BCUT2D eigenvalue weighted by molar-refractivity contribution is 4.83. The first-order valence-electron chi connectivity index (χ1n) is 5.69. The summed E-state index contributed by atoms with van der Waals surface area (Å²) < 4.78 is 0. The quantitative estimate of drug-likeness (QED) is 0.653. The Kier molecular flexibility index (Phi) is 4.74. The number of hydrogen-bond donors (Lipinski definition) is 2. The minimum Gasteiger partial charge on any atom is -0.330 e. The number of nitrogens with two attached hydrogens (primary N) is 1. The van der Waals surface area contributed by atoms with Gasteiger partial charge in [-0.2, -0.15) is 0 Å². The maximum atomic E-state index is 5.47. The third-order valence-electron chi connectivity index (χ3n) is 3.31. The summed E-state index contributed by atoms with van der Waals surface area (Å²) in [5.74, 6) is 1.70. The van der Waals surface area contributed by atoms with Gasteiger partial charge in [0, 0.05) is 6.04 Å². The van der Waals surface area contributed by atoms with E-state index < -0.39 is 0 Å². The summed E-state index contributed by atoms with van der Waals surface area (Å²) in [6, 6.07) is 0.736. The molecule has 78 valence electrons. The van der Waals surface area contributed by atoms with Gasteiger partial charge in [-0.1, -0.05) is 20.3 Å². The highest BCUT2D eigenvalue weighted by Gasteiger charge is 2.26. The molecular formula is C11H24N2. The van der Waals surface area contributed by atoms with Crippen LogP contribution in [0, 0.1) is 11.8 Å². The zero-order valence-corrected chi connectivity index (χ0v) is 9.05. The molecule has 3 N–H and O–H groups in total. The molecular weight excluding hydrogens is 160 g/mol. The molecule has 0 bridgehead atoms. The second kappa shape index (κ2) is 5.61. The van der Waals surface area contributed by atoms with E-state index >= 15 is 0 Å². The summed E-state index contributed by atoms with van der Waals surface area (Å²) in [6.07, 6.45) is 5.31. The van der Waals surface area contributed by atoms with E-state index in [1.165, 1.54) is 19.3 Å². The zero-order chi connectivity index (χ0) is 9.68. The minimum absolute atomic E-state index is 0.736. The third-order valence-corrected chi connectivity index (χ3v) is 3.31. The average Bonchev–Trinajstić information content (AvgIpc) is 2.10. The summed E-state index contributed by atoms with van der Waals surface area (Å²) in [5.41, 5.74) is 5.47. The van der Waals surface area contributed by atoms with Gasteiger partial charge < -0.3 is 11.1 Å². The van der Waals surface area contributed by atoms with Gasteiger partial charge in [0.1, 0.15) is 0 Å². The molecule has 0 aromatic heterocycles. The molecule has 0 radical (unpaired) electrons. The first-order chi connectivity index (χ1) is 6.25. The SMILES string of the molecule is CC1CCCC(C)C1NCCCN. The van der Waals surface area contributed by atoms with Crippen molar-refractivity contribution in [2.45, 2.75) is 45.6 Å². The first kappa shape index (κ1) is 11.0. The van der Waals surface area contributed by atoms with Crippen LogP contribution in [0.1, 0.15) is 39.5 Å². The van der Waals surface area contributed by atoms with Crippen molar-refractivity contribution in [3.05, 3.63) is 0 Å². The van der Waals surface area contributed by atoms with Gasteiger partial charge in [-0.15, -0.1) is 0 Å². The summed E-state index contributed by atoms with van der Waals surface area (Å²) in [5, 5.41) is 3.64. The van der Waals surface area contributed by atoms with Crippen LogP contribution in [0.15, 0.2) is 0 Å². The molecule has 0 spiro atoms. The molecule has 1 aliphatic rings. The number of hydrogen-bond acceptors (Lipinski definition) is 2. The Morgan fingerprint density at radius 2 is 1.85 bits per heavy atom. The fourth-order valence-electron chi connectivity index (χ4n) is 2.45. The third kappa shape index (κ3) is 3.28. The smallest absolute Gasteiger partial charge is 0.0118 e. The molecule has 2 nitrogen and oxygen atoms in total. The molecule has 1 aliphatic carbocycles. The lowest BCUT2D eigenvalue weighted by atomic mass is 9.79. The maximum Gasteiger partial charge on any atom is 0.0118 e. The largest absolute Gasteiger partial charge is 0.330 e. The van der Waals surface area contributed by atoms with Crippen LogP contribution in [0.5, 0.6) is 0 Å². The van der Waals surface area contributed by atoms with Gasteiger partial charge in [0.05, 0.1) is 0 Å². The highest BCUT2D eigenvalue weighted by atomic mass is 14.9. The Morgan fingerprint density at radius 3 is 2.38 bits per heavy atom. The van der Waals surface area contributed by atoms with E-state index in [2.05, 4.69) is 19.2 Å². The standard InChI is InChI=1S/C11H24N2/c1-9-5-3-6-10(2)11(9)13-8-4-7-12/h9-11,13H,3-8,12H2,1-2H3. The summed E-state index contributed by atoms with van der Waals surface area (Å²) in [4.78, 5) is 0. The molecule has 0 heterocycles. The molecule has 13 heavy (non-hydrogen) atoms. The summed E-state index contributed by atoms with van der Waals surface area (Å²) >= 11 is 0. The Labute approximate surface area is 82.3 Å². The van der Waals surface area contributed by atoms with Crippen molar-refractivity contribution in [1.29, 1.82) is 0 Å². The van der Waals surface area contributed by atoms with Crippen LogP contribution in [0.2, 0.25) is 0 Å².